The number of amides is 3. The molecule has 2 aromatic rings. The molecular formula is C23H22N4O5. The normalized spacial score (nSPS) is 18.6. The summed E-state index contributed by atoms with van der Waals surface area (Å²) in [4.78, 5) is 48.8. The van der Waals surface area contributed by atoms with E-state index in [1.54, 1.807) is 24.3 Å². The van der Waals surface area contributed by atoms with Crippen molar-refractivity contribution >= 4 is 23.7 Å². The highest BCUT2D eigenvalue weighted by Gasteiger charge is 2.35. The van der Waals surface area contributed by atoms with Crippen LogP contribution in [-0.2, 0) is 32.0 Å². The maximum absolute atomic E-state index is 12.4. The van der Waals surface area contributed by atoms with Crippen LogP contribution in [0, 0.1) is 11.3 Å². The van der Waals surface area contributed by atoms with Crippen molar-refractivity contribution in [1.29, 1.82) is 5.26 Å². The maximum atomic E-state index is 12.4. The van der Waals surface area contributed by atoms with Crippen molar-refractivity contribution in [2.75, 3.05) is 0 Å². The van der Waals surface area contributed by atoms with Gasteiger partial charge in [0.2, 0.25) is 17.7 Å². The summed E-state index contributed by atoms with van der Waals surface area (Å²) in [6, 6.07) is 14.5. The molecule has 1 heterocycles. The van der Waals surface area contributed by atoms with Crippen molar-refractivity contribution in [3.63, 3.8) is 0 Å². The fourth-order valence-corrected chi connectivity index (χ4v) is 3.46. The number of hydrogen-bond donors (Lipinski definition) is 4. The number of carboxylic acids is 1. The lowest BCUT2D eigenvalue weighted by Crippen LogP contribution is -2.63. The van der Waals surface area contributed by atoms with Gasteiger partial charge in [0, 0.05) is 12.8 Å². The maximum Gasteiger partial charge on any atom is 0.326 e. The summed E-state index contributed by atoms with van der Waals surface area (Å²) in [5.74, 6) is -2.85. The van der Waals surface area contributed by atoms with Gasteiger partial charge in [0.05, 0.1) is 18.1 Å². The zero-order valence-electron chi connectivity index (χ0n) is 17.1. The van der Waals surface area contributed by atoms with Crippen molar-refractivity contribution in [2.24, 2.45) is 0 Å². The average molecular weight is 434 g/mol. The molecule has 3 amide bonds. The standard InChI is InChI=1S/C23H22N4O5/c24-13-16-8-4-7-15(9-16)11-19(23(31)32)25-20(28)12-18-22(30)26-17(21(29)27-18)10-14-5-2-1-3-6-14/h1-9,17-19H,10-12H2,(H,25,28)(H,26,30)(H,27,29)(H,31,32)/t17-,18-,19+/m0/s1. The van der Waals surface area contributed by atoms with E-state index in [0.29, 0.717) is 17.5 Å². The van der Waals surface area contributed by atoms with E-state index < -0.39 is 48.2 Å². The Bertz CT molecular complexity index is 1060. The third-order valence-electron chi connectivity index (χ3n) is 5.07. The van der Waals surface area contributed by atoms with E-state index in [1.807, 2.05) is 36.4 Å². The number of nitriles is 1. The molecule has 1 fully saturated rings. The fraction of sp³-hybridized carbons (Fsp3) is 0.261. The van der Waals surface area contributed by atoms with Gasteiger partial charge in [0.15, 0.2) is 0 Å². The van der Waals surface area contributed by atoms with E-state index in [2.05, 4.69) is 16.0 Å². The first-order valence-electron chi connectivity index (χ1n) is 10.0. The quantitative estimate of drug-likeness (QED) is 0.469. The van der Waals surface area contributed by atoms with Crippen LogP contribution in [-0.4, -0.2) is 46.9 Å². The number of carbonyl (C=O) groups is 4. The average Bonchev–Trinajstić information content (AvgIpc) is 2.77. The van der Waals surface area contributed by atoms with Crippen LogP contribution < -0.4 is 16.0 Å². The number of carboxylic acid groups (broad SMARTS) is 1. The lowest BCUT2D eigenvalue weighted by Gasteiger charge is -2.29. The number of nitrogens with zero attached hydrogens (tertiary/aromatic N) is 1. The van der Waals surface area contributed by atoms with Crippen molar-refractivity contribution in [1.82, 2.24) is 16.0 Å². The number of aliphatic carboxylic acids is 1. The molecule has 0 bridgehead atoms. The fourth-order valence-electron chi connectivity index (χ4n) is 3.46. The lowest BCUT2D eigenvalue weighted by atomic mass is 10.0. The second-order valence-corrected chi connectivity index (χ2v) is 7.49. The van der Waals surface area contributed by atoms with Crippen molar-refractivity contribution < 1.29 is 24.3 Å². The Kier molecular flexibility index (Phi) is 7.18. The zero-order valence-corrected chi connectivity index (χ0v) is 17.1. The van der Waals surface area contributed by atoms with E-state index in [-0.39, 0.29) is 6.42 Å². The first kappa shape index (κ1) is 22.5. The molecule has 0 aliphatic carbocycles. The van der Waals surface area contributed by atoms with Gasteiger partial charge >= 0.3 is 5.97 Å². The Labute approximate surface area is 184 Å². The van der Waals surface area contributed by atoms with Crippen LogP contribution in [0.4, 0.5) is 0 Å². The minimum absolute atomic E-state index is 0.0288. The van der Waals surface area contributed by atoms with E-state index in [1.165, 1.54) is 0 Å². The summed E-state index contributed by atoms with van der Waals surface area (Å²) in [5.41, 5.74) is 1.84. The molecule has 9 heteroatoms. The van der Waals surface area contributed by atoms with E-state index >= 15 is 0 Å². The molecule has 164 valence electrons. The smallest absolute Gasteiger partial charge is 0.326 e. The minimum Gasteiger partial charge on any atom is -0.480 e. The Morgan fingerprint density at radius 3 is 2.34 bits per heavy atom. The van der Waals surface area contributed by atoms with Crippen LogP contribution >= 0.6 is 0 Å². The van der Waals surface area contributed by atoms with Crippen molar-refractivity contribution in [3.8, 4) is 6.07 Å². The highest BCUT2D eigenvalue weighted by Crippen LogP contribution is 2.10. The Morgan fingerprint density at radius 2 is 1.66 bits per heavy atom. The number of piperazine rings is 1. The van der Waals surface area contributed by atoms with Gasteiger partial charge in [-0.1, -0.05) is 42.5 Å². The summed E-state index contributed by atoms with van der Waals surface area (Å²) >= 11 is 0. The molecule has 1 aliphatic heterocycles. The van der Waals surface area contributed by atoms with Crippen LogP contribution in [0.2, 0.25) is 0 Å². The van der Waals surface area contributed by atoms with Gasteiger partial charge in [-0.25, -0.2) is 4.79 Å². The highest BCUT2D eigenvalue weighted by atomic mass is 16.4. The molecule has 1 aliphatic rings. The Balaban J connectivity index is 1.57. The largest absolute Gasteiger partial charge is 0.480 e. The molecule has 0 aromatic heterocycles. The van der Waals surface area contributed by atoms with Gasteiger partial charge in [-0.15, -0.1) is 0 Å². The first-order valence-corrected chi connectivity index (χ1v) is 10.0. The van der Waals surface area contributed by atoms with E-state index in [4.69, 9.17) is 5.26 Å². The molecule has 0 unspecified atom stereocenters. The Hall–Kier alpha value is -4.19. The van der Waals surface area contributed by atoms with Crippen LogP contribution in [0.1, 0.15) is 23.1 Å². The van der Waals surface area contributed by atoms with Crippen LogP contribution in [0.15, 0.2) is 54.6 Å². The molecule has 3 atom stereocenters. The summed E-state index contributed by atoms with van der Waals surface area (Å²) in [6.45, 7) is 0. The summed E-state index contributed by atoms with van der Waals surface area (Å²) < 4.78 is 0. The molecule has 9 nitrogen and oxygen atoms in total. The molecule has 32 heavy (non-hydrogen) atoms. The second-order valence-electron chi connectivity index (χ2n) is 7.49. The van der Waals surface area contributed by atoms with Crippen LogP contribution in [0.3, 0.4) is 0 Å². The predicted molar refractivity (Wildman–Crippen MR) is 113 cm³/mol. The van der Waals surface area contributed by atoms with Crippen molar-refractivity contribution in [2.45, 2.75) is 37.4 Å². The SMILES string of the molecule is N#Cc1cccc(C[C@@H](NC(=O)C[C@@H]2NC(=O)[C@H](Cc3ccccc3)NC2=O)C(=O)O)c1. The molecule has 0 radical (unpaired) electrons. The number of rotatable bonds is 8. The Morgan fingerprint density at radius 1 is 1.00 bits per heavy atom. The second kappa shape index (κ2) is 10.2. The van der Waals surface area contributed by atoms with E-state index in [9.17, 15) is 24.3 Å². The van der Waals surface area contributed by atoms with Gasteiger partial charge in [0.1, 0.15) is 18.1 Å². The minimum atomic E-state index is -1.25. The molecular weight excluding hydrogens is 412 g/mol. The number of benzene rings is 2. The highest BCUT2D eigenvalue weighted by molar-refractivity contribution is 5.99. The zero-order chi connectivity index (χ0) is 23.1. The summed E-state index contributed by atoms with van der Waals surface area (Å²) in [7, 11) is 0. The third kappa shape index (κ3) is 5.92. The summed E-state index contributed by atoms with van der Waals surface area (Å²) in [5, 5.41) is 26.0. The summed E-state index contributed by atoms with van der Waals surface area (Å²) in [6.07, 6.45) is -0.100. The molecule has 4 N–H and O–H groups in total. The molecule has 2 aromatic carbocycles. The third-order valence-corrected chi connectivity index (χ3v) is 5.07. The van der Waals surface area contributed by atoms with E-state index in [0.717, 1.165) is 5.56 Å². The monoisotopic (exact) mass is 434 g/mol. The molecule has 0 saturated carbocycles. The van der Waals surface area contributed by atoms with Gasteiger partial charge in [-0.05, 0) is 23.3 Å². The number of nitrogens with one attached hydrogen (secondary N) is 3. The van der Waals surface area contributed by atoms with Gasteiger partial charge in [0.25, 0.3) is 0 Å². The van der Waals surface area contributed by atoms with Crippen LogP contribution in [0.5, 0.6) is 0 Å². The van der Waals surface area contributed by atoms with Crippen LogP contribution in [0.25, 0.3) is 0 Å². The topological polar surface area (TPSA) is 148 Å². The van der Waals surface area contributed by atoms with Gasteiger partial charge in [-0.3, -0.25) is 14.4 Å². The van der Waals surface area contributed by atoms with Gasteiger partial charge in [-0.2, -0.15) is 5.26 Å². The predicted octanol–water partition coefficient (Wildman–Crippen LogP) is 0.286. The lowest BCUT2D eigenvalue weighted by molar-refractivity contribution is -0.142. The first-order chi connectivity index (χ1) is 15.4. The number of carbonyl (C=O) groups excluding carboxylic acids is 3. The molecule has 0 spiro atoms. The molecule has 1 saturated heterocycles. The molecule has 3 rings (SSSR count). The number of hydrogen-bond acceptors (Lipinski definition) is 5. The van der Waals surface area contributed by atoms with Gasteiger partial charge < -0.3 is 21.1 Å². The van der Waals surface area contributed by atoms with Crippen molar-refractivity contribution in [3.05, 3.63) is 71.3 Å².